The topological polar surface area (TPSA) is 55.4 Å². The lowest BCUT2D eigenvalue weighted by atomic mass is 9.76. The lowest BCUT2D eigenvalue weighted by Crippen LogP contribution is -2.33. The zero-order valence-corrected chi connectivity index (χ0v) is 16.8. The zero-order chi connectivity index (χ0) is 19.1. The lowest BCUT2D eigenvalue weighted by Gasteiger charge is -2.26. The van der Waals surface area contributed by atoms with Crippen LogP contribution in [0.15, 0.2) is 18.2 Å². The third kappa shape index (κ3) is 6.61. The first-order valence-corrected chi connectivity index (χ1v) is 9.23. The van der Waals surface area contributed by atoms with Gasteiger partial charge in [-0.3, -0.25) is 9.59 Å². The summed E-state index contributed by atoms with van der Waals surface area (Å²) in [5.74, 6) is 0.188. The minimum Gasteiger partial charge on any atom is -0.462 e. The molecule has 25 heavy (non-hydrogen) atoms. The molecular weight excluding hydrogens is 361 g/mol. The molecule has 1 heterocycles. The molecule has 2 rings (SSSR count). The minimum absolute atomic E-state index is 0.188. The predicted molar refractivity (Wildman–Crippen MR) is 103 cm³/mol. The average Bonchev–Trinajstić information content (AvgIpc) is 2.99. The molecule has 1 aliphatic heterocycles. The van der Waals surface area contributed by atoms with Crippen molar-refractivity contribution in [3.63, 3.8) is 0 Å². The van der Waals surface area contributed by atoms with Gasteiger partial charge in [0.25, 0.3) is 6.47 Å². The molecular formula is C19H27Cl2NO3. The Kier molecular flexibility index (Phi) is 8.39. The molecule has 0 amide bonds. The van der Waals surface area contributed by atoms with Crippen molar-refractivity contribution < 1.29 is 14.3 Å². The normalized spacial score (nSPS) is 19.8. The second-order valence-corrected chi connectivity index (χ2v) is 8.06. The summed E-state index contributed by atoms with van der Waals surface area (Å²) >= 11 is 11.9. The van der Waals surface area contributed by atoms with Gasteiger partial charge in [0.1, 0.15) is 5.60 Å². The second-order valence-electron chi connectivity index (χ2n) is 7.24. The summed E-state index contributed by atoms with van der Waals surface area (Å²) in [6, 6.07) is 5.15. The molecule has 1 atom stereocenters. The van der Waals surface area contributed by atoms with Gasteiger partial charge in [-0.1, -0.05) is 36.5 Å². The van der Waals surface area contributed by atoms with Crippen LogP contribution in [0.25, 0.3) is 0 Å². The van der Waals surface area contributed by atoms with E-state index >= 15 is 0 Å². The number of nitrogens with one attached hydrogen (secondary N) is 1. The van der Waals surface area contributed by atoms with E-state index in [4.69, 9.17) is 23.2 Å². The summed E-state index contributed by atoms with van der Waals surface area (Å²) in [4.78, 5) is 22.3. The summed E-state index contributed by atoms with van der Waals surface area (Å²) in [5.41, 5.74) is 0.0924. The van der Waals surface area contributed by atoms with Gasteiger partial charge in [-0.05, 0) is 58.4 Å². The fraction of sp³-hybridized carbons (Fsp3) is 0.579. The van der Waals surface area contributed by atoms with Gasteiger partial charge >= 0.3 is 0 Å². The van der Waals surface area contributed by atoms with Crippen molar-refractivity contribution in [2.24, 2.45) is 5.41 Å². The highest BCUT2D eigenvalue weighted by atomic mass is 35.5. The fourth-order valence-electron chi connectivity index (χ4n) is 2.83. The number of Topliss-reactive ketones (excluding diaryl/α,β-unsaturated/α-hetero) is 1. The van der Waals surface area contributed by atoms with Crippen molar-refractivity contribution in [3.8, 4) is 0 Å². The molecule has 1 aromatic carbocycles. The van der Waals surface area contributed by atoms with Crippen molar-refractivity contribution in [2.45, 2.75) is 52.6 Å². The molecule has 140 valence electrons. The Bertz CT molecular complexity index is 591. The van der Waals surface area contributed by atoms with Crippen LogP contribution < -0.4 is 5.32 Å². The molecule has 0 spiro atoms. The maximum absolute atomic E-state index is 12.7. The largest absolute Gasteiger partial charge is 0.462 e. The number of ether oxygens (including phenoxy) is 1. The number of carbonyl (C=O) groups is 2. The molecule has 1 N–H and O–H groups in total. The van der Waals surface area contributed by atoms with Gasteiger partial charge in [-0.15, -0.1) is 0 Å². The highest BCUT2D eigenvalue weighted by Crippen LogP contribution is 2.36. The Morgan fingerprint density at radius 3 is 2.40 bits per heavy atom. The number of rotatable bonds is 5. The molecule has 1 saturated heterocycles. The third-order valence-electron chi connectivity index (χ3n) is 4.04. The Hall–Kier alpha value is -1.10. The van der Waals surface area contributed by atoms with Gasteiger partial charge in [0.05, 0.1) is 10.0 Å². The van der Waals surface area contributed by atoms with Crippen LogP contribution in [-0.4, -0.2) is 30.9 Å². The smallest absolute Gasteiger partial charge is 0.293 e. The van der Waals surface area contributed by atoms with Crippen LogP contribution in [0.5, 0.6) is 0 Å². The summed E-state index contributed by atoms with van der Waals surface area (Å²) in [7, 11) is 0. The predicted octanol–water partition coefficient (Wildman–Crippen LogP) is 4.91. The van der Waals surface area contributed by atoms with Crippen LogP contribution in [-0.2, 0) is 9.53 Å². The Balaban J connectivity index is 0.000000381. The van der Waals surface area contributed by atoms with Crippen LogP contribution in [0.4, 0.5) is 0 Å². The molecule has 0 aromatic heterocycles. The van der Waals surface area contributed by atoms with Gasteiger partial charge in [0.2, 0.25) is 0 Å². The SMILES string of the molecule is CC(C)(C)OC=O.CCC[C@]1(C(=O)c2ccc(Cl)c(Cl)c2)CCNC1. The van der Waals surface area contributed by atoms with Crippen molar-refractivity contribution in [2.75, 3.05) is 13.1 Å². The van der Waals surface area contributed by atoms with E-state index in [1.54, 1.807) is 18.2 Å². The summed E-state index contributed by atoms with van der Waals surface area (Å²) in [6.45, 7) is 9.71. The Labute approximate surface area is 160 Å². The number of hydrogen-bond donors (Lipinski definition) is 1. The number of hydrogen-bond acceptors (Lipinski definition) is 4. The van der Waals surface area contributed by atoms with Gasteiger partial charge in [-0.2, -0.15) is 0 Å². The van der Waals surface area contributed by atoms with Crippen molar-refractivity contribution in [1.29, 1.82) is 0 Å². The molecule has 0 saturated carbocycles. The van der Waals surface area contributed by atoms with Gasteiger partial charge in [0.15, 0.2) is 5.78 Å². The average molecular weight is 388 g/mol. The van der Waals surface area contributed by atoms with Crippen LogP contribution in [0, 0.1) is 5.41 Å². The molecule has 1 aliphatic rings. The number of carbonyl (C=O) groups excluding carboxylic acids is 2. The van der Waals surface area contributed by atoms with Gasteiger partial charge in [-0.25, -0.2) is 0 Å². The van der Waals surface area contributed by atoms with Gasteiger partial charge < -0.3 is 10.1 Å². The number of ketones is 1. The standard InChI is InChI=1S/C14H17Cl2NO.C5H10O2/c1-2-5-14(6-7-17-9-14)13(18)10-3-4-11(15)12(16)8-10;1-5(2,3)7-4-6/h3-4,8,17H,2,5-7,9H2,1H3;4H,1-3H3/t14-;/m0./s1. The number of halogens is 2. The first kappa shape index (κ1) is 21.9. The Morgan fingerprint density at radius 2 is 2.00 bits per heavy atom. The van der Waals surface area contributed by atoms with E-state index < -0.39 is 0 Å². The van der Waals surface area contributed by atoms with E-state index in [0.29, 0.717) is 22.1 Å². The molecule has 6 heteroatoms. The number of benzene rings is 1. The maximum Gasteiger partial charge on any atom is 0.293 e. The molecule has 4 nitrogen and oxygen atoms in total. The lowest BCUT2D eigenvalue weighted by molar-refractivity contribution is -0.138. The van der Waals surface area contributed by atoms with Crippen LogP contribution in [0.1, 0.15) is 57.3 Å². The van der Waals surface area contributed by atoms with E-state index in [1.165, 1.54) is 0 Å². The molecule has 0 bridgehead atoms. The van der Waals surface area contributed by atoms with E-state index in [-0.39, 0.29) is 16.8 Å². The summed E-state index contributed by atoms with van der Waals surface area (Å²) < 4.78 is 4.55. The fourth-order valence-corrected chi connectivity index (χ4v) is 3.13. The molecule has 0 unspecified atom stereocenters. The first-order valence-electron chi connectivity index (χ1n) is 8.47. The molecule has 0 aliphatic carbocycles. The third-order valence-corrected chi connectivity index (χ3v) is 4.78. The van der Waals surface area contributed by atoms with E-state index in [0.717, 1.165) is 32.4 Å². The van der Waals surface area contributed by atoms with E-state index in [1.807, 2.05) is 20.8 Å². The highest BCUT2D eigenvalue weighted by Gasteiger charge is 2.40. The van der Waals surface area contributed by atoms with Crippen molar-refractivity contribution in [3.05, 3.63) is 33.8 Å². The van der Waals surface area contributed by atoms with Crippen molar-refractivity contribution >= 4 is 35.5 Å². The van der Waals surface area contributed by atoms with Crippen LogP contribution in [0.3, 0.4) is 0 Å². The summed E-state index contributed by atoms with van der Waals surface area (Å²) in [5, 5.41) is 4.23. The first-order chi connectivity index (χ1) is 11.6. The highest BCUT2D eigenvalue weighted by molar-refractivity contribution is 6.42. The molecule has 1 fully saturated rings. The van der Waals surface area contributed by atoms with Gasteiger partial charge in [0, 0.05) is 17.5 Å². The van der Waals surface area contributed by atoms with Crippen LogP contribution in [0.2, 0.25) is 10.0 Å². The minimum atomic E-state index is -0.318. The monoisotopic (exact) mass is 387 g/mol. The molecule has 0 radical (unpaired) electrons. The van der Waals surface area contributed by atoms with E-state index in [9.17, 15) is 9.59 Å². The maximum atomic E-state index is 12.7. The van der Waals surface area contributed by atoms with E-state index in [2.05, 4.69) is 17.0 Å². The zero-order valence-electron chi connectivity index (χ0n) is 15.3. The summed E-state index contributed by atoms with van der Waals surface area (Å²) in [6.07, 6.45) is 2.83. The van der Waals surface area contributed by atoms with Crippen molar-refractivity contribution in [1.82, 2.24) is 5.32 Å². The van der Waals surface area contributed by atoms with Crippen LogP contribution >= 0.6 is 23.2 Å². The second kappa shape index (κ2) is 9.56. The Morgan fingerprint density at radius 1 is 1.32 bits per heavy atom. The quantitative estimate of drug-likeness (QED) is 0.575. The molecule has 1 aromatic rings.